The number of fused-ring (bicyclic) bond motifs is 7. The molecule has 276 valence electrons. The maximum atomic E-state index is 5.39. The molecule has 0 unspecified atom stereocenters. The summed E-state index contributed by atoms with van der Waals surface area (Å²) in [6, 6.07) is 67.7. The first-order chi connectivity index (χ1) is 29.3. The monoisotopic (exact) mass is 772 g/mol. The van der Waals surface area contributed by atoms with Crippen molar-refractivity contribution >= 4 is 64.3 Å². The van der Waals surface area contributed by atoms with Crippen molar-refractivity contribution in [3.05, 3.63) is 194 Å². The minimum Gasteiger partial charge on any atom is -0.309 e. The minimum atomic E-state index is 0.628. The molecule has 0 bridgehead atoms. The first kappa shape index (κ1) is 33.4. The van der Waals surface area contributed by atoms with Crippen molar-refractivity contribution < 1.29 is 0 Å². The van der Waals surface area contributed by atoms with Gasteiger partial charge in [-0.2, -0.15) is 0 Å². The van der Waals surface area contributed by atoms with Gasteiger partial charge in [-0.05, 0) is 60.7 Å². The number of imidazole rings is 1. The van der Waals surface area contributed by atoms with E-state index in [0.717, 1.165) is 87.8 Å². The van der Waals surface area contributed by atoms with E-state index < -0.39 is 0 Å². The molecule has 0 radical (unpaired) electrons. The topological polar surface area (TPSA) is 61.4 Å². The molecule has 0 saturated heterocycles. The van der Waals surface area contributed by atoms with Gasteiger partial charge < -0.3 is 4.57 Å². The van der Waals surface area contributed by atoms with Gasteiger partial charge in [0.1, 0.15) is 5.82 Å². The number of thiophene rings is 1. The molecule has 0 aliphatic heterocycles. The van der Waals surface area contributed by atoms with Gasteiger partial charge in [-0.1, -0.05) is 133 Å². The maximum absolute atomic E-state index is 5.39. The second-order valence-electron chi connectivity index (χ2n) is 14.6. The zero-order valence-corrected chi connectivity index (χ0v) is 32.4. The number of nitrogens with zero attached hydrogens (tertiary/aromatic N) is 6. The van der Waals surface area contributed by atoms with Gasteiger partial charge in [-0.3, -0.25) is 4.57 Å². The summed E-state index contributed by atoms with van der Waals surface area (Å²) < 4.78 is 6.92. The highest BCUT2D eigenvalue weighted by molar-refractivity contribution is 7.26. The smallest absolute Gasteiger partial charge is 0.164 e. The average molecular weight is 773 g/mol. The van der Waals surface area contributed by atoms with Crippen molar-refractivity contribution in [2.75, 3.05) is 0 Å². The number of hydrogen-bond acceptors (Lipinski definition) is 5. The van der Waals surface area contributed by atoms with Crippen LogP contribution >= 0.6 is 11.3 Å². The molecule has 4 aromatic heterocycles. The van der Waals surface area contributed by atoms with Crippen LogP contribution in [0.5, 0.6) is 0 Å². The third-order valence-corrected chi connectivity index (χ3v) is 12.4. The highest BCUT2D eigenvalue weighted by Gasteiger charge is 2.23. The highest BCUT2D eigenvalue weighted by Crippen LogP contribution is 2.45. The number of aromatic nitrogens is 6. The molecule has 0 spiro atoms. The SMILES string of the molecule is c1ccc(-c2nc(-c3cccc4sc5c(-c6nc7ccccc7n6-c6ccccc6)cccc5c34)nc(-c3cccc4c3c3ccccc3n4-c3ccccc3)n2)cc1. The molecule has 12 rings (SSSR count). The zero-order valence-electron chi connectivity index (χ0n) is 31.6. The van der Waals surface area contributed by atoms with Gasteiger partial charge in [-0.15, -0.1) is 11.3 Å². The normalized spacial score (nSPS) is 11.7. The largest absolute Gasteiger partial charge is 0.309 e. The fourth-order valence-electron chi connectivity index (χ4n) is 8.65. The Morgan fingerprint density at radius 1 is 0.356 bits per heavy atom. The summed E-state index contributed by atoms with van der Waals surface area (Å²) in [7, 11) is 0. The Kier molecular flexibility index (Phi) is 7.61. The van der Waals surface area contributed by atoms with Crippen LogP contribution in [0.2, 0.25) is 0 Å². The highest BCUT2D eigenvalue weighted by atomic mass is 32.1. The Hall–Kier alpha value is -7.74. The van der Waals surface area contributed by atoms with E-state index in [1.165, 1.54) is 4.70 Å². The van der Waals surface area contributed by atoms with Crippen LogP contribution in [-0.2, 0) is 0 Å². The average Bonchev–Trinajstić information content (AvgIpc) is 4.00. The lowest BCUT2D eigenvalue weighted by Gasteiger charge is -2.11. The number of para-hydroxylation sites is 5. The molecule has 8 aromatic carbocycles. The lowest BCUT2D eigenvalue weighted by Crippen LogP contribution is -2.01. The van der Waals surface area contributed by atoms with Gasteiger partial charge in [0.15, 0.2) is 17.5 Å². The molecule has 0 N–H and O–H groups in total. The van der Waals surface area contributed by atoms with Crippen molar-refractivity contribution in [2.45, 2.75) is 0 Å². The summed E-state index contributed by atoms with van der Waals surface area (Å²) in [5.74, 6) is 2.80. The molecule has 6 nitrogen and oxygen atoms in total. The molecule has 0 amide bonds. The van der Waals surface area contributed by atoms with Gasteiger partial charge in [-0.25, -0.2) is 19.9 Å². The Morgan fingerprint density at radius 3 is 1.66 bits per heavy atom. The predicted molar refractivity (Wildman–Crippen MR) is 243 cm³/mol. The van der Waals surface area contributed by atoms with E-state index in [-0.39, 0.29) is 0 Å². The summed E-state index contributed by atoms with van der Waals surface area (Å²) in [4.78, 5) is 21.1. The molecule has 0 aliphatic carbocycles. The molecule has 59 heavy (non-hydrogen) atoms. The van der Waals surface area contributed by atoms with Crippen LogP contribution in [0, 0.1) is 0 Å². The molecule has 0 saturated carbocycles. The van der Waals surface area contributed by atoms with Crippen LogP contribution in [0.3, 0.4) is 0 Å². The van der Waals surface area contributed by atoms with Crippen LogP contribution < -0.4 is 0 Å². The quantitative estimate of drug-likeness (QED) is 0.169. The van der Waals surface area contributed by atoms with Crippen molar-refractivity contribution in [3.8, 4) is 56.9 Å². The Morgan fingerprint density at radius 2 is 0.898 bits per heavy atom. The third-order valence-electron chi connectivity index (χ3n) is 11.2. The third kappa shape index (κ3) is 5.33. The van der Waals surface area contributed by atoms with Crippen LogP contribution in [0.4, 0.5) is 0 Å². The van der Waals surface area contributed by atoms with Crippen molar-refractivity contribution in [2.24, 2.45) is 0 Å². The summed E-state index contributed by atoms with van der Waals surface area (Å²) in [5, 5.41) is 4.51. The summed E-state index contributed by atoms with van der Waals surface area (Å²) in [6.45, 7) is 0. The standard InChI is InChI=1S/C52H32N6S/c1-4-17-33(18-5-1)49-54-50(38-25-15-31-44-46(38)36-23-10-12-29-42(36)57(44)34-19-6-2-7-20-34)56-51(55-49)39-26-16-32-45-47(39)37-24-14-27-40(48(37)59-45)52-53-41-28-11-13-30-43(41)58(52)35-21-8-3-9-22-35/h1-32H. The number of hydrogen-bond donors (Lipinski definition) is 0. The second-order valence-corrected chi connectivity index (χ2v) is 15.7. The number of rotatable bonds is 6. The van der Waals surface area contributed by atoms with Crippen molar-refractivity contribution in [1.29, 1.82) is 0 Å². The van der Waals surface area contributed by atoms with E-state index in [4.69, 9.17) is 19.9 Å². The summed E-state index contributed by atoms with van der Waals surface area (Å²) in [5.41, 5.74) is 10.4. The van der Waals surface area contributed by atoms with Crippen LogP contribution in [0.1, 0.15) is 0 Å². The molecule has 7 heteroatoms. The Labute approximate surface area is 343 Å². The van der Waals surface area contributed by atoms with Crippen LogP contribution in [-0.4, -0.2) is 29.1 Å². The van der Waals surface area contributed by atoms with Crippen molar-refractivity contribution in [3.63, 3.8) is 0 Å². The lowest BCUT2D eigenvalue weighted by atomic mass is 10.0. The van der Waals surface area contributed by atoms with E-state index in [9.17, 15) is 0 Å². The molecule has 0 atom stereocenters. The zero-order chi connectivity index (χ0) is 38.9. The van der Waals surface area contributed by atoms with E-state index in [1.807, 2.05) is 18.2 Å². The van der Waals surface area contributed by atoms with Gasteiger partial charge in [0.2, 0.25) is 0 Å². The Bertz CT molecular complexity index is 3550. The summed E-state index contributed by atoms with van der Waals surface area (Å²) in [6.07, 6.45) is 0. The number of benzene rings is 8. The lowest BCUT2D eigenvalue weighted by molar-refractivity contribution is 1.08. The molecular formula is C52H32N6S. The molecule has 4 heterocycles. The fourth-order valence-corrected chi connectivity index (χ4v) is 9.89. The first-order valence-electron chi connectivity index (χ1n) is 19.7. The maximum Gasteiger partial charge on any atom is 0.164 e. The fraction of sp³-hybridized carbons (Fsp3) is 0. The van der Waals surface area contributed by atoms with Crippen molar-refractivity contribution in [1.82, 2.24) is 29.1 Å². The van der Waals surface area contributed by atoms with Gasteiger partial charge in [0.05, 0.1) is 22.1 Å². The van der Waals surface area contributed by atoms with Crippen LogP contribution in [0.15, 0.2) is 194 Å². The molecular weight excluding hydrogens is 741 g/mol. The van der Waals surface area contributed by atoms with Gasteiger partial charge in [0.25, 0.3) is 0 Å². The van der Waals surface area contributed by atoms with Crippen LogP contribution in [0.25, 0.3) is 110 Å². The van der Waals surface area contributed by atoms with E-state index in [1.54, 1.807) is 11.3 Å². The molecule has 0 aliphatic rings. The van der Waals surface area contributed by atoms with E-state index in [2.05, 4.69) is 185 Å². The van der Waals surface area contributed by atoms with E-state index >= 15 is 0 Å². The van der Waals surface area contributed by atoms with E-state index in [0.29, 0.717) is 17.5 Å². The second kappa shape index (κ2) is 13.4. The first-order valence-corrected chi connectivity index (χ1v) is 20.5. The minimum absolute atomic E-state index is 0.628. The van der Waals surface area contributed by atoms with Gasteiger partial charge >= 0.3 is 0 Å². The predicted octanol–water partition coefficient (Wildman–Crippen LogP) is 13.3. The Balaban J connectivity index is 1.11. The molecule has 0 fully saturated rings. The van der Waals surface area contributed by atoms with Gasteiger partial charge in [0, 0.05) is 64.6 Å². The molecule has 12 aromatic rings. The summed E-state index contributed by atoms with van der Waals surface area (Å²) >= 11 is 1.78.